The zero-order valence-corrected chi connectivity index (χ0v) is 12.4. The minimum Gasteiger partial charge on any atom is -0.352 e. The second kappa shape index (κ2) is 6.71. The number of rotatable bonds is 4. The highest BCUT2D eigenvalue weighted by molar-refractivity contribution is 5.81. The van der Waals surface area contributed by atoms with Crippen molar-refractivity contribution in [3.05, 3.63) is 0 Å². The summed E-state index contributed by atoms with van der Waals surface area (Å²) in [7, 11) is 0. The van der Waals surface area contributed by atoms with Crippen LogP contribution < -0.4 is 11.1 Å². The summed E-state index contributed by atoms with van der Waals surface area (Å²) in [6.07, 6.45) is 8.34. The Bertz CT molecular complexity index is 302. The van der Waals surface area contributed by atoms with Gasteiger partial charge in [-0.05, 0) is 39.5 Å². The third kappa shape index (κ3) is 3.48. The molecule has 0 radical (unpaired) electrons. The van der Waals surface area contributed by atoms with E-state index in [2.05, 4.69) is 17.1 Å². The lowest BCUT2D eigenvalue weighted by Gasteiger charge is -2.43. The maximum Gasteiger partial charge on any atom is 0.237 e. The topological polar surface area (TPSA) is 58.4 Å². The summed E-state index contributed by atoms with van der Waals surface area (Å²) in [4.78, 5) is 14.8. The van der Waals surface area contributed by atoms with E-state index in [9.17, 15) is 4.79 Å². The first kappa shape index (κ1) is 14.8. The Morgan fingerprint density at radius 2 is 1.95 bits per heavy atom. The van der Waals surface area contributed by atoms with Crippen molar-refractivity contribution < 1.29 is 4.79 Å². The lowest BCUT2D eigenvalue weighted by Crippen LogP contribution is -2.58. The molecule has 0 bridgehead atoms. The summed E-state index contributed by atoms with van der Waals surface area (Å²) in [6, 6.07) is 1.19. The smallest absolute Gasteiger partial charge is 0.237 e. The van der Waals surface area contributed by atoms with Crippen LogP contribution >= 0.6 is 0 Å². The van der Waals surface area contributed by atoms with Crippen molar-refractivity contribution in [3.63, 3.8) is 0 Å². The van der Waals surface area contributed by atoms with Gasteiger partial charge in [0, 0.05) is 24.7 Å². The monoisotopic (exact) mass is 267 g/mol. The van der Waals surface area contributed by atoms with Crippen molar-refractivity contribution in [1.82, 2.24) is 10.2 Å². The summed E-state index contributed by atoms with van der Waals surface area (Å²) in [5.74, 6) is 0.194. The van der Waals surface area contributed by atoms with Crippen LogP contribution in [0.3, 0.4) is 0 Å². The molecule has 2 aliphatic rings. The molecule has 0 spiro atoms. The van der Waals surface area contributed by atoms with Crippen LogP contribution in [-0.4, -0.2) is 41.5 Å². The molecule has 0 aromatic heterocycles. The number of nitrogens with zero attached hydrogens (tertiary/aromatic N) is 1. The maximum absolute atomic E-state index is 12.4. The Labute approximate surface area is 117 Å². The van der Waals surface area contributed by atoms with E-state index >= 15 is 0 Å². The fraction of sp³-hybridized carbons (Fsp3) is 0.933. The number of nitrogens with two attached hydrogens (primary N) is 1. The lowest BCUT2D eigenvalue weighted by molar-refractivity contribution is -0.129. The van der Waals surface area contributed by atoms with Gasteiger partial charge in [-0.25, -0.2) is 0 Å². The van der Waals surface area contributed by atoms with Gasteiger partial charge in [-0.3, -0.25) is 9.69 Å². The Morgan fingerprint density at radius 1 is 1.26 bits per heavy atom. The largest absolute Gasteiger partial charge is 0.352 e. The zero-order valence-electron chi connectivity index (χ0n) is 12.4. The summed E-state index contributed by atoms with van der Waals surface area (Å²) < 4.78 is 0. The highest BCUT2D eigenvalue weighted by Crippen LogP contribution is 2.25. The highest BCUT2D eigenvalue weighted by atomic mass is 16.2. The summed E-state index contributed by atoms with van der Waals surface area (Å²) >= 11 is 0. The first-order chi connectivity index (χ1) is 9.13. The predicted molar refractivity (Wildman–Crippen MR) is 77.9 cm³/mol. The van der Waals surface area contributed by atoms with Crippen LogP contribution in [0.5, 0.6) is 0 Å². The molecule has 2 rings (SSSR count). The van der Waals surface area contributed by atoms with E-state index in [1.54, 1.807) is 0 Å². The van der Waals surface area contributed by atoms with E-state index < -0.39 is 0 Å². The van der Waals surface area contributed by atoms with Crippen LogP contribution in [0.2, 0.25) is 0 Å². The molecule has 0 aromatic carbocycles. The summed E-state index contributed by atoms with van der Waals surface area (Å²) in [5, 5.41) is 3.22. The van der Waals surface area contributed by atoms with Gasteiger partial charge in [0.1, 0.15) is 0 Å². The Hall–Kier alpha value is -0.610. The van der Waals surface area contributed by atoms with E-state index in [1.807, 2.05) is 6.92 Å². The quantitative estimate of drug-likeness (QED) is 0.814. The van der Waals surface area contributed by atoms with Crippen LogP contribution in [0.1, 0.15) is 58.8 Å². The predicted octanol–water partition coefficient (Wildman–Crippen LogP) is 1.64. The van der Waals surface area contributed by atoms with Crippen LogP contribution in [0, 0.1) is 0 Å². The second-order valence-electron chi connectivity index (χ2n) is 6.28. The Kier molecular flexibility index (Phi) is 5.22. The van der Waals surface area contributed by atoms with E-state index in [1.165, 1.54) is 25.7 Å². The van der Waals surface area contributed by atoms with Crippen molar-refractivity contribution in [2.75, 3.05) is 6.54 Å². The molecule has 4 heteroatoms. The molecule has 1 aliphatic heterocycles. The third-order valence-electron chi connectivity index (χ3n) is 4.89. The highest BCUT2D eigenvalue weighted by Gasteiger charge is 2.34. The minimum atomic E-state index is -0.0514. The standard InChI is InChI=1S/C15H29N3O/c1-11-6-5-9-14(10-16)18(11)12(2)15(19)17-13-7-3-4-8-13/h11-14H,3-10,16H2,1-2H3,(H,17,19). The third-order valence-corrected chi connectivity index (χ3v) is 4.89. The summed E-state index contributed by atoms with van der Waals surface area (Å²) in [5.41, 5.74) is 5.88. The first-order valence-corrected chi connectivity index (χ1v) is 7.91. The molecule has 3 atom stereocenters. The number of piperidine rings is 1. The van der Waals surface area contributed by atoms with E-state index in [-0.39, 0.29) is 11.9 Å². The average molecular weight is 267 g/mol. The Morgan fingerprint density at radius 3 is 2.58 bits per heavy atom. The van der Waals surface area contributed by atoms with Gasteiger partial charge in [-0.1, -0.05) is 19.3 Å². The van der Waals surface area contributed by atoms with Gasteiger partial charge in [-0.15, -0.1) is 0 Å². The van der Waals surface area contributed by atoms with Gasteiger partial charge in [0.25, 0.3) is 0 Å². The van der Waals surface area contributed by atoms with E-state index in [0.717, 1.165) is 19.3 Å². The number of carbonyl (C=O) groups excluding carboxylic acids is 1. The van der Waals surface area contributed by atoms with Crippen molar-refractivity contribution >= 4 is 5.91 Å². The van der Waals surface area contributed by atoms with Crippen molar-refractivity contribution in [3.8, 4) is 0 Å². The molecule has 4 nitrogen and oxygen atoms in total. The van der Waals surface area contributed by atoms with Gasteiger partial charge in [0.05, 0.1) is 6.04 Å². The minimum absolute atomic E-state index is 0.0514. The van der Waals surface area contributed by atoms with Crippen LogP contribution in [0.25, 0.3) is 0 Å². The normalized spacial score (nSPS) is 31.3. The molecule has 1 saturated carbocycles. The molecule has 1 aliphatic carbocycles. The number of hydrogen-bond acceptors (Lipinski definition) is 3. The van der Waals surface area contributed by atoms with Gasteiger partial charge >= 0.3 is 0 Å². The molecular weight excluding hydrogens is 238 g/mol. The molecule has 3 N–H and O–H groups in total. The molecule has 2 fully saturated rings. The molecule has 3 unspecified atom stereocenters. The average Bonchev–Trinajstić information content (AvgIpc) is 2.90. The van der Waals surface area contributed by atoms with Gasteiger partial charge < -0.3 is 11.1 Å². The van der Waals surface area contributed by atoms with E-state index in [4.69, 9.17) is 5.73 Å². The fourth-order valence-corrected chi connectivity index (χ4v) is 3.77. The van der Waals surface area contributed by atoms with Gasteiger partial charge in [0.15, 0.2) is 0 Å². The fourth-order valence-electron chi connectivity index (χ4n) is 3.77. The summed E-state index contributed by atoms with van der Waals surface area (Å²) in [6.45, 7) is 4.92. The number of amides is 1. The molecule has 110 valence electrons. The van der Waals surface area contributed by atoms with Crippen molar-refractivity contribution in [2.45, 2.75) is 83.0 Å². The number of likely N-dealkylation sites (tertiary alicyclic amines) is 1. The van der Waals surface area contributed by atoms with Gasteiger partial charge in [0.2, 0.25) is 5.91 Å². The van der Waals surface area contributed by atoms with Crippen LogP contribution in [-0.2, 0) is 4.79 Å². The lowest BCUT2D eigenvalue weighted by atomic mass is 9.94. The second-order valence-corrected chi connectivity index (χ2v) is 6.28. The number of nitrogens with one attached hydrogen (secondary N) is 1. The van der Waals surface area contributed by atoms with E-state index in [0.29, 0.717) is 24.7 Å². The van der Waals surface area contributed by atoms with Crippen LogP contribution in [0.15, 0.2) is 0 Å². The Balaban J connectivity index is 1.95. The molecular formula is C15H29N3O. The number of carbonyl (C=O) groups is 1. The zero-order chi connectivity index (χ0) is 13.8. The van der Waals surface area contributed by atoms with Crippen molar-refractivity contribution in [2.24, 2.45) is 5.73 Å². The molecule has 1 heterocycles. The first-order valence-electron chi connectivity index (χ1n) is 7.91. The maximum atomic E-state index is 12.4. The van der Waals surface area contributed by atoms with Gasteiger partial charge in [-0.2, -0.15) is 0 Å². The van der Waals surface area contributed by atoms with Crippen LogP contribution in [0.4, 0.5) is 0 Å². The molecule has 0 aromatic rings. The van der Waals surface area contributed by atoms with Crippen molar-refractivity contribution in [1.29, 1.82) is 0 Å². The number of hydrogen-bond donors (Lipinski definition) is 2. The molecule has 1 amide bonds. The molecule has 19 heavy (non-hydrogen) atoms. The SMILES string of the molecule is CC1CCCC(CN)N1C(C)C(=O)NC1CCCC1. The molecule has 1 saturated heterocycles.